The van der Waals surface area contributed by atoms with Crippen molar-refractivity contribution in [2.45, 2.75) is 6.92 Å². The predicted octanol–water partition coefficient (Wildman–Crippen LogP) is -0.375. The summed E-state index contributed by atoms with van der Waals surface area (Å²) in [5, 5.41) is 3.73. The van der Waals surface area contributed by atoms with Crippen LogP contribution in [0.2, 0.25) is 0 Å². The van der Waals surface area contributed by atoms with Crippen LogP contribution >= 0.6 is 0 Å². The van der Waals surface area contributed by atoms with E-state index in [9.17, 15) is 4.79 Å². The summed E-state index contributed by atoms with van der Waals surface area (Å²) in [4.78, 5) is 10.6. The number of carbonyl (C=O) groups excluding carboxylic acids is 1. The van der Waals surface area contributed by atoms with Crippen molar-refractivity contribution in [1.29, 1.82) is 0 Å². The molecular weight excluding hydrogens is 314 g/mol. The molecule has 0 aliphatic carbocycles. The zero-order valence-corrected chi connectivity index (χ0v) is 9.22. The van der Waals surface area contributed by atoms with E-state index in [0.717, 1.165) is 0 Å². The van der Waals surface area contributed by atoms with Crippen LogP contribution in [0, 0.1) is 13.1 Å². The van der Waals surface area contributed by atoms with Gasteiger partial charge in [-0.25, -0.2) is 0 Å². The Hall–Kier alpha value is -0.632. The van der Waals surface area contributed by atoms with Crippen LogP contribution in [-0.2, 0) is 28.1 Å². The number of hydrogen-bond donors (Lipinski definition) is 1. The first kappa shape index (κ1) is 10.4. The van der Waals surface area contributed by atoms with Gasteiger partial charge in [0.1, 0.15) is 0 Å². The fraction of sp³-hybridized carbons (Fsp3) is 0.333. The average molecular weight is 322 g/mol. The number of amides is 1. The number of nitrogens with two attached hydrogens (primary N) is 1. The number of carbonyl (C=O) groups is 1. The third kappa shape index (κ3) is 1.90. The molecule has 1 aromatic heterocycles. The smallest absolute Gasteiger partial charge is 0.380 e. The van der Waals surface area contributed by atoms with Gasteiger partial charge in [0.25, 0.3) is 0 Å². The second-order valence-electron chi connectivity index (χ2n) is 2.07. The van der Waals surface area contributed by atoms with Crippen molar-refractivity contribution in [3.8, 4) is 0 Å². The number of nitrogens with zero attached hydrogens (tertiary/aromatic N) is 2. The largest absolute Gasteiger partial charge is 2.00 e. The Balaban J connectivity index is 0.000001000. The number of hydrogen-bond acceptors (Lipinski definition) is 2. The molecule has 4 nitrogen and oxygen atoms in total. The first-order valence-corrected chi connectivity index (χ1v) is 2.84. The fourth-order valence-electron chi connectivity index (χ4n) is 0.840. The quantitative estimate of drug-likeness (QED) is 0.717. The normalized spacial score (nSPS) is 8.91. The molecule has 0 bridgehead atoms. The van der Waals surface area contributed by atoms with E-state index in [1.807, 2.05) is 0 Å². The Bertz CT molecular complexity index is 249. The Morgan fingerprint density at radius 2 is 2.27 bits per heavy atom. The van der Waals surface area contributed by atoms with E-state index < -0.39 is 5.91 Å². The van der Waals surface area contributed by atoms with Crippen LogP contribution in [0.15, 0.2) is 0 Å². The molecule has 0 saturated carbocycles. The molecule has 1 rings (SSSR count). The van der Waals surface area contributed by atoms with E-state index in [1.165, 1.54) is 4.68 Å². The van der Waals surface area contributed by atoms with Crippen LogP contribution in [0.3, 0.4) is 0 Å². The van der Waals surface area contributed by atoms with Crippen LogP contribution in [-0.4, -0.2) is 15.7 Å². The summed E-state index contributed by atoms with van der Waals surface area (Å²) in [6.07, 6.45) is 2.63. The SMILES string of the molecule is Cc1[c-]nn(C)c1C(N)=O.[W+2]. The van der Waals surface area contributed by atoms with Crippen molar-refractivity contribution >= 4 is 5.91 Å². The topological polar surface area (TPSA) is 60.9 Å². The molecule has 1 amide bonds. The van der Waals surface area contributed by atoms with Gasteiger partial charge < -0.3 is 15.5 Å². The van der Waals surface area contributed by atoms with Gasteiger partial charge in [0.05, 0.1) is 0 Å². The zero-order valence-electron chi connectivity index (χ0n) is 6.29. The predicted molar refractivity (Wildman–Crippen MR) is 35.3 cm³/mol. The monoisotopic (exact) mass is 322 g/mol. The summed E-state index contributed by atoms with van der Waals surface area (Å²) in [6.45, 7) is 1.74. The molecule has 0 spiro atoms. The van der Waals surface area contributed by atoms with E-state index in [-0.39, 0.29) is 21.1 Å². The van der Waals surface area contributed by atoms with E-state index in [4.69, 9.17) is 5.73 Å². The van der Waals surface area contributed by atoms with Crippen molar-refractivity contribution < 1.29 is 25.9 Å². The van der Waals surface area contributed by atoms with Gasteiger partial charge in [-0.05, 0) is 5.69 Å². The number of rotatable bonds is 1. The van der Waals surface area contributed by atoms with Gasteiger partial charge in [0.15, 0.2) is 5.91 Å². The van der Waals surface area contributed by atoms with Gasteiger partial charge in [0.2, 0.25) is 0 Å². The standard InChI is InChI=1S/C6H8N3O.W/c1-4-3-8-9(2)5(4)6(7)10;/h1-2H3,(H2,7,10);/q-1;+2. The maximum absolute atomic E-state index is 10.6. The Kier molecular flexibility index (Phi) is 3.46. The Morgan fingerprint density at radius 3 is 2.45 bits per heavy atom. The van der Waals surface area contributed by atoms with E-state index >= 15 is 0 Å². The summed E-state index contributed by atoms with van der Waals surface area (Å²) >= 11 is 0. The second kappa shape index (κ2) is 3.67. The van der Waals surface area contributed by atoms with Gasteiger partial charge in [-0.2, -0.15) is 5.56 Å². The Morgan fingerprint density at radius 1 is 1.73 bits per heavy atom. The third-order valence-corrected chi connectivity index (χ3v) is 1.28. The van der Waals surface area contributed by atoms with E-state index in [2.05, 4.69) is 11.3 Å². The van der Waals surface area contributed by atoms with Gasteiger partial charge in [-0.15, -0.1) is 6.20 Å². The van der Waals surface area contributed by atoms with Crippen molar-refractivity contribution in [2.24, 2.45) is 12.8 Å². The Labute approximate surface area is 79.0 Å². The second-order valence-corrected chi connectivity index (χ2v) is 2.07. The van der Waals surface area contributed by atoms with Crippen molar-refractivity contribution in [3.05, 3.63) is 17.5 Å². The molecule has 11 heavy (non-hydrogen) atoms. The fourth-order valence-corrected chi connectivity index (χ4v) is 0.840. The molecule has 58 valence electrons. The van der Waals surface area contributed by atoms with Crippen LogP contribution in [0.5, 0.6) is 0 Å². The molecule has 0 unspecified atom stereocenters. The van der Waals surface area contributed by atoms with E-state index in [1.54, 1.807) is 14.0 Å². The summed E-state index contributed by atoms with van der Waals surface area (Å²) in [6, 6.07) is 0. The number of aromatic nitrogens is 2. The summed E-state index contributed by atoms with van der Waals surface area (Å²) in [5.41, 5.74) is 6.15. The maximum atomic E-state index is 10.6. The minimum absolute atomic E-state index is 0. The molecule has 2 N–H and O–H groups in total. The molecule has 1 aromatic rings. The molecule has 0 atom stereocenters. The average Bonchev–Trinajstić information content (AvgIpc) is 2.11. The summed E-state index contributed by atoms with van der Waals surface area (Å²) in [7, 11) is 1.66. The summed E-state index contributed by atoms with van der Waals surface area (Å²) < 4.78 is 1.41. The molecule has 0 aliphatic rings. The molecule has 0 aliphatic heterocycles. The molecule has 5 heteroatoms. The zero-order chi connectivity index (χ0) is 7.72. The van der Waals surface area contributed by atoms with Gasteiger partial charge in [0, 0.05) is 7.05 Å². The third-order valence-electron chi connectivity index (χ3n) is 1.28. The van der Waals surface area contributed by atoms with Gasteiger partial charge in [-0.3, -0.25) is 4.79 Å². The maximum Gasteiger partial charge on any atom is 2.00 e. The van der Waals surface area contributed by atoms with Gasteiger partial charge >= 0.3 is 21.1 Å². The first-order valence-electron chi connectivity index (χ1n) is 2.84. The first-order chi connectivity index (χ1) is 4.63. The van der Waals surface area contributed by atoms with Crippen LogP contribution in [0.1, 0.15) is 16.1 Å². The van der Waals surface area contributed by atoms with Crippen molar-refractivity contribution in [1.82, 2.24) is 9.78 Å². The van der Waals surface area contributed by atoms with Crippen LogP contribution in [0.4, 0.5) is 0 Å². The molecule has 1 heterocycles. The minimum Gasteiger partial charge on any atom is -0.380 e. The molecular formula is C6H8N3OW+. The van der Waals surface area contributed by atoms with Crippen LogP contribution < -0.4 is 5.73 Å². The molecule has 0 aromatic carbocycles. The molecule has 0 fully saturated rings. The number of aryl methyl sites for hydroxylation is 2. The minimum atomic E-state index is -0.464. The number of primary amides is 1. The molecule has 0 saturated heterocycles. The van der Waals surface area contributed by atoms with Crippen LogP contribution in [0.25, 0.3) is 0 Å². The van der Waals surface area contributed by atoms with Crippen molar-refractivity contribution in [2.75, 3.05) is 0 Å². The van der Waals surface area contributed by atoms with E-state index in [0.29, 0.717) is 11.3 Å². The summed E-state index contributed by atoms with van der Waals surface area (Å²) in [5.74, 6) is -0.464. The van der Waals surface area contributed by atoms with Crippen molar-refractivity contribution in [3.63, 3.8) is 0 Å². The van der Waals surface area contributed by atoms with Gasteiger partial charge in [-0.1, -0.05) is 6.92 Å². The molecule has 0 radical (unpaired) electrons.